The van der Waals surface area contributed by atoms with E-state index in [1.165, 1.54) is 12.1 Å². The van der Waals surface area contributed by atoms with Gasteiger partial charge in [-0.05, 0) is 24.3 Å². The Hall–Kier alpha value is -1.14. The highest BCUT2D eigenvalue weighted by Crippen LogP contribution is 2.16. The number of rotatable bonds is 4. The Kier molecular flexibility index (Phi) is 8.75. The highest BCUT2D eigenvalue weighted by atomic mass is 127. The summed E-state index contributed by atoms with van der Waals surface area (Å²) in [6.07, 6.45) is 0. The predicted octanol–water partition coefficient (Wildman–Crippen LogP) is 0.872. The molecule has 28 heavy (non-hydrogen) atoms. The van der Waals surface area contributed by atoms with Crippen LogP contribution in [0.4, 0.5) is 10.1 Å². The Balaban J connectivity index is 0.00000280. The van der Waals surface area contributed by atoms with Gasteiger partial charge >= 0.3 is 0 Å². The van der Waals surface area contributed by atoms with Gasteiger partial charge in [-0.1, -0.05) is 0 Å². The minimum absolute atomic E-state index is 0. The van der Waals surface area contributed by atoms with Crippen molar-refractivity contribution in [2.24, 2.45) is 4.99 Å². The molecule has 0 bridgehead atoms. The van der Waals surface area contributed by atoms with Crippen molar-refractivity contribution in [3.8, 4) is 0 Å². The maximum Gasteiger partial charge on any atom is 0.193 e. The van der Waals surface area contributed by atoms with E-state index in [9.17, 15) is 12.8 Å². The molecule has 0 unspecified atom stereocenters. The van der Waals surface area contributed by atoms with Crippen LogP contribution < -0.4 is 10.2 Å². The molecule has 3 rings (SSSR count). The Labute approximate surface area is 183 Å². The van der Waals surface area contributed by atoms with E-state index in [1.807, 2.05) is 12.1 Å². The first-order valence-electron chi connectivity index (χ1n) is 9.36. The maximum atomic E-state index is 13.1. The molecule has 0 spiro atoms. The van der Waals surface area contributed by atoms with E-state index in [-0.39, 0.29) is 41.3 Å². The lowest BCUT2D eigenvalue weighted by Gasteiger charge is -2.38. The van der Waals surface area contributed by atoms with Gasteiger partial charge in [-0.3, -0.25) is 9.89 Å². The Morgan fingerprint density at radius 2 is 1.68 bits per heavy atom. The van der Waals surface area contributed by atoms with E-state index >= 15 is 0 Å². The topological polar surface area (TPSA) is 68.2 Å². The van der Waals surface area contributed by atoms with Gasteiger partial charge in [-0.25, -0.2) is 12.8 Å². The minimum Gasteiger partial charge on any atom is -0.368 e. The molecule has 0 saturated carbocycles. The number of halogens is 2. The lowest BCUT2D eigenvalue weighted by atomic mass is 10.2. The van der Waals surface area contributed by atoms with Crippen LogP contribution in [0.1, 0.15) is 0 Å². The predicted molar refractivity (Wildman–Crippen MR) is 122 cm³/mol. The summed E-state index contributed by atoms with van der Waals surface area (Å²) in [4.78, 5) is 11.0. The Bertz CT molecular complexity index is 738. The first-order valence-corrected chi connectivity index (χ1v) is 11.2. The molecule has 0 atom stereocenters. The number of hydrogen-bond donors (Lipinski definition) is 1. The van der Waals surface area contributed by atoms with Crippen LogP contribution >= 0.6 is 24.0 Å². The van der Waals surface area contributed by atoms with Crippen molar-refractivity contribution in [1.29, 1.82) is 0 Å². The highest BCUT2D eigenvalue weighted by molar-refractivity contribution is 14.0. The summed E-state index contributed by atoms with van der Waals surface area (Å²) in [5.74, 6) is 1.17. The molecule has 0 radical (unpaired) electrons. The molecule has 0 amide bonds. The van der Waals surface area contributed by atoms with E-state index in [0.29, 0.717) is 13.1 Å². The zero-order valence-electron chi connectivity index (χ0n) is 16.2. The zero-order valence-corrected chi connectivity index (χ0v) is 19.3. The number of benzene rings is 1. The summed E-state index contributed by atoms with van der Waals surface area (Å²) >= 11 is 0. The van der Waals surface area contributed by atoms with Crippen molar-refractivity contribution in [3.63, 3.8) is 0 Å². The average molecular weight is 525 g/mol. The van der Waals surface area contributed by atoms with Crippen LogP contribution in [0.2, 0.25) is 0 Å². The first-order chi connectivity index (χ1) is 13.0. The van der Waals surface area contributed by atoms with Crippen LogP contribution in [0.25, 0.3) is 0 Å². The maximum absolute atomic E-state index is 13.1. The van der Waals surface area contributed by atoms with Gasteiger partial charge in [0.2, 0.25) is 0 Å². The number of anilines is 1. The van der Waals surface area contributed by atoms with E-state index in [4.69, 9.17) is 0 Å². The van der Waals surface area contributed by atoms with E-state index in [2.05, 4.69) is 25.0 Å². The monoisotopic (exact) mass is 525 g/mol. The summed E-state index contributed by atoms with van der Waals surface area (Å²) in [6, 6.07) is 6.62. The molecular weight excluding hydrogens is 496 g/mol. The van der Waals surface area contributed by atoms with Gasteiger partial charge in [0.15, 0.2) is 15.8 Å². The summed E-state index contributed by atoms with van der Waals surface area (Å²) in [5, 5.41) is 3.39. The summed E-state index contributed by atoms with van der Waals surface area (Å²) in [5.41, 5.74) is 1.04. The van der Waals surface area contributed by atoms with Gasteiger partial charge in [-0.2, -0.15) is 0 Å². The van der Waals surface area contributed by atoms with Crippen molar-refractivity contribution < 1.29 is 12.8 Å². The second-order valence-corrected chi connectivity index (χ2v) is 9.22. The molecule has 0 aromatic heterocycles. The van der Waals surface area contributed by atoms with Gasteiger partial charge in [0, 0.05) is 65.1 Å². The van der Waals surface area contributed by atoms with Crippen molar-refractivity contribution in [3.05, 3.63) is 30.1 Å². The van der Waals surface area contributed by atoms with Crippen LogP contribution in [0, 0.1) is 5.82 Å². The molecule has 158 valence electrons. The Morgan fingerprint density at radius 1 is 1.07 bits per heavy atom. The number of nitrogens with one attached hydrogen (secondary N) is 1. The van der Waals surface area contributed by atoms with Crippen molar-refractivity contribution >= 4 is 45.5 Å². The second-order valence-electron chi connectivity index (χ2n) is 6.92. The largest absolute Gasteiger partial charge is 0.368 e. The van der Waals surface area contributed by atoms with E-state index < -0.39 is 9.84 Å². The quantitative estimate of drug-likeness (QED) is 0.358. The molecule has 2 aliphatic heterocycles. The number of nitrogens with zero attached hydrogens (tertiary/aromatic N) is 4. The lowest BCUT2D eigenvalue weighted by molar-refractivity contribution is 0.296. The third-order valence-corrected chi connectivity index (χ3v) is 6.74. The molecule has 7 nitrogen and oxygen atoms in total. The van der Waals surface area contributed by atoms with Crippen LogP contribution in [0.5, 0.6) is 0 Å². The number of guanidine groups is 1. The van der Waals surface area contributed by atoms with Crippen LogP contribution in [-0.2, 0) is 9.84 Å². The van der Waals surface area contributed by atoms with Gasteiger partial charge in [0.05, 0.1) is 11.5 Å². The number of sulfone groups is 1. The Morgan fingerprint density at radius 3 is 2.25 bits per heavy atom. The van der Waals surface area contributed by atoms with Gasteiger partial charge < -0.3 is 15.1 Å². The fourth-order valence-electron chi connectivity index (χ4n) is 3.46. The normalized spacial score (nSPS) is 20.6. The highest BCUT2D eigenvalue weighted by Gasteiger charge is 2.22. The molecule has 2 saturated heterocycles. The standard InChI is InChI=1S/C18H28FN5O2S.HI/c1-20-18(21-6-7-22-12-14-27(25,26)15-13-22)24-10-8-23(9-11-24)17-4-2-16(19)3-5-17;/h2-5H,6-15H2,1H3,(H,20,21);1H. The molecule has 2 heterocycles. The fourth-order valence-corrected chi connectivity index (χ4v) is 4.74. The number of hydrogen-bond acceptors (Lipinski definition) is 5. The van der Waals surface area contributed by atoms with Crippen molar-refractivity contribution in [2.45, 2.75) is 0 Å². The molecular formula is C18H29FIN5O2S. The fraction of sp³-hybridized carbons (Fsp3) is 0.611. The van der Waals surface area contributed by atoms with Crippen LogP contribution in [0.3, 0.4) is 0 Å². The third-order valence-electron chi connectivity index (χ3n) is 5.13. The van der Waals surface area contributed by atoms with Crippen LogP contribution in [-0.4, -0.2) is 95.1 Å². The molecule has 10 heteroatoms. The summed E-state index contributed by atoms with van der Waals surface area (Å²) in [7, 11) is -1.05. The molecule has 1 N–H and O–H groups in total. The van der Waals surface area contributed by atoms with Gasteiger partial charge in [-0.15, -0.1) is 24.0 Å². The molecule has 2 fully saturated rings. The first kappa shape index (κ1) is 23.1. The van der Waals surface area contributed by atoms with Crippen LogP contribution in [0.15, 0.2) is 29.3 Å². The molecule has 1 aromatic carbocycles. The van der Waals surface area contributed by atoms with E-state index in [1.54, 1.807) is 7.05 Å². The molecule has 1 aromatic rings. The van der Waals surface area contributed by atoms with Crippen molar-refractivity contribution in [1.82, 2.24) is 15.1 Å². The minimum atomic E-state index is -2.83. The lowest BCUT2D eigenvalue weighted by Crippen LogP contribution is -2.53. The van der Waals surface area contributed by atoms with Crippen molar-refractivity contribution in [2.75, 3.05) is 75.8 Å². The summed E-state index contributed by atoms with van der Waals surface area (Å²) in [6.45, 7) is 6.18. The molecule has 2 aliphatic rings. The summed E-state index contributed by atoms with van der Waals surface area (Å²) < 4.78 is 36.0. The zero-order chi connectivity index (χ0) is 19.3. The second kappa shape index (κ2) is 10.6. The van der Waals surface area contributed by atoms with E-state index in [0.717, 1.165) is 50.9 Å². The third kappa shape index (κ3) is 6.45. The SMILES string of the molecule is CN=C(NCCN1CCS(=O)(=O)CC1)N1CCN(c2ccc(F)cc2)CC1.I. The number of aliphatic imine (C=N–C) groups is 1. The number of piperazine rings is 1. The van der Waals surface area contributed by atoms with Gasteiger partial charge in [0.1, 0.15) is 5.82 Å². The molecule has 0 aliphatic carbocycles. The average Bonchev–Trinajstić information content (AvgIpc) is 2.67. The van der Waals surface area contributed by atoms with Gasteiger partial charge in [0.25, 0.3) is 0 Å². The smallest absolute Gasteiger partial charge is 0.193 e.